The van der Waals surface area contributed by atoms with E-state index in [1.165, 1.54) is 65.6 Å². The average molecular weight is 413 g/mol. The Kier molecular flexibility index (Phi) is 5.82. The topological polar surface area (TPSA) is 41.9 Å². The Morgan fingerprint density at radius 1 is 0.968 bits per heavy atom. The van der Waals surface area contributed by atoms with E-state index in [1.54, 1.807) is 0 Å². The van der Waals surface area contributed by atoms with Crippen LogP contribution >= 0.6 is 0 Å². The van der Waals surface area contributed by atoms with Gasteiger partial charge < -0.3 is 0 Å². The summed E-state index contributed by atoms with van der Waals surface area (Å²) in [7, 11) is 0. The first-order valence-corrected chi connectivity index (χ1v) is 11.8. The lowest BCUT2D eigenvalue weighted by Gasteiger charge is -2.29. The van der Waals surface area contributed by atoms with Crippen LogP contribution in [0.5, 0.6) is 0 Å². The number of rotatable bonds is 4. The first-order chi connectivity index (χ1) is 15.2. The summed E-state index contributed by atoms with van der Waals surface area (Å²) in [6, 6.07) is 10.8. The van der Waals surface area contributed by atoms with Crippen LogP contribution in [0.15, 0.2) is 42.7 Å². The van der Waals surface area contributed by atoms with Gasteiger partial charge in [0, 0.05) is 61.2 Å². The zero-order valence-corrected chi connectivity index (χ0v) is 18.8. The monoisotopic (exact) mass is 412 g/mol. The summed E-state index contributed by atoms with van der Waals surface area (Å²) >= 11 is 0. The highest BCUT2D eigenvalue weighted by Crippen LogP contribution is 2.31. The Bertz CT molecular complexity index is 1050. The molecule has 1 saturated carbocycles. The summed E-state index contributed by atoms with van der Waals surface area (Å²) in [5, 5.41) is 0. The van der Waals surface area contributed by atoms with Crippen LogP contribution in [0.2, 0.25) is 0 Å². The van der Waals surface area contributed by atoms with Gasteiger partial charge in [0.25, 0.3) is 0 Å². The van der Waals surface area contributed by atoms with E-state index in [1.807, 2.05) is 6.20 Å². The first kappa shape index (κ1) is 20.3. The lowest BCUT2D eigenvalue weighted by Crippen LogP contribution is -2.31. The number of hydrogen-bond donors (Lipinski definition) is 0. The van der Waals surface area contributed by atoms with E-state index in [2.05, 4.69) is 55.3 Å². The van der Waals surface area contributed by atoms with Gasteiger partial charge in [0.05, 0.1) is 5.69 Å². The highest BCUT2D eigenvalue weighted by molar-refractivity contribution is 5.64. The van der Waals surface area contributed by atoms with Gasteiger partial charge in [-0.15, -0.1) is 0 Å². The Balaban J connectivity index is 1.25. The van der Waals surface area contributed by atoms with Crippen LogP contribution in [0.25, 0.3) is 11.3 Å². The molecule has 0 N–H and O–H groups in total. The molecule has 1 aromatic carbocycles. The van der Waals surface area contributed by atoms with E-state index in [9.17, 15) is 0 Å². The quantitative estimate of drug-likeness (QED) is 0.546. The van der Waals surface area contributed by atoms with Crippen molar-refractivity contribution in [3.63, 3.8) is 0 Å². The molecule has 1 aliphatic carbocycles. The lowest BCUT2D eigenvalue weighted by molar-refractivity contribution is 0.242. The molecule has 2 aromatic heterocycles. The van der Waals surface area contributed by atoms with Crippen LogP contribution in [-0.2, 0) is 19.5 Å². The molecule has 1 fully saturated rings. The minimum absolute atomic E-state index is 0.582. The average Bonchev–Trinajstić information content (AvgIpc) is 2.82. The van der Waals surface area contributed by atoms with Crippen molar-refractivity contribution in [1.29, 1.82) is 0 Å². The Morgan fingerprint density at radius 3 is 2.65 bits per heavy atom. The first-order valence-electron chi connectivity index (χ1n) is 11.8. The Morgan fingerprint density at radius 2 is 1.84 bits per heavy atom. The Hall–Kier alpha value is -2.59. The number of aromatic nitrogens is 3. The largest absolute Gasteiger partial charge is 0.294 e. The number of benzene rings is 1. The third-order valence-corrected chi connectivity index (χ3v) is 7.11. The number of hydrogen-bond acceptors (Lipinski definition) is 4. The molecule has 0 spiro atoms. The second-order valence-electron chi connectivity index (χ2n) is 9.29. The number of pyridine rings is 1. The number of aryl methyl sites for hydroxylation is 1. The fourth-order valence-electron chi connectivity index (χ4n) is 5.05. The molecule has 3 heterocycles. The maximum atomic E-state index is 4.99. The van der Waals surface area contributed by atoms with E-state index >= 15 is 0 Å². The zero-order chi connectivity index (χ0) is 21.2. The van der Waals surface area contributed by atoms with Gasteiger partial charge >= 0.3 is 0 Å². The normalized spacial score (nSPS) is 17.5. The predicted octanol–water partition coefficient (Wildman–Crippen LogP) is 5.76. The molecular formula is C27H32N4. The summed E-state index contributed by atoms with van der Waals surface area (Å²) in [6.45, 7) is 7.23. The van der Waals surface area contributed by atoms with Gasteiger partial charge in [-0.25, -0.2) is 9.97 Å². The standard InChI is InChI=1S/C27H32N4/c1-19-7-6-10-24(20(19)2)26-12-11-21(15-28-26)17-31-14-13-25-23(18-31)16-29-27(30-25)22-8-4-3-5-9-22/h6-7,10-12,15-16,22H,3-5,8-9,13-14,17-18H2,1-2H3. The van der Waals surface area contributed by atoms with E-state index in [0.717, 1.165) is 37.6 Å². The highest BCUT2D eigenvalue weighted by Gasteiger charge is 2.22. The molecule has 0 bridgehead atoms. The molecule has 3 aromatic rings. The number of fused-ring (bicyclic) bond motifs is 1. The van der Waals surface area contributed by atoms with Crippen molar-refractivity contribution in [2.75, 3.05) is 6.54 Å². The van der Waals surface area contributed by atoms with Gasteiger partial charge in [-0.2, -0.15) is 0 Å². The van der Waals surface area contributed by atoms with E-state index < -0.39 is 0 Å². The van der Waals surface area contributed by atoms with Crippen molar-refractivity contribution >= 4 is 0 Å². The van der Waals surface area contributed by atoms with Crippen molar-refractivity contribution in [1.82, 2.24) is 19.9 Å². The van der Waals surface area contributed by atoms with Crippen LogP contribution in [0, 0.1) is 13.8 Å². The van der Waals surface area contributed by atoms with Crippen LogP contribution in [-0.4, -0.2) is 26.4 Å². The summed E-state index contributed by atoms with van der Waals surface area (Å²) in [5.74, 6) is 1.68. The molecule has 0 atom stereocenters. The zero-order valence-electron chi connectivity index (χ0n) is 18.8. The molecular weight excluding hydrogens is 380 g/mol. The van der Waals surface area contributed by atoms with Crippen molar-refractivity contribution < 1.29 is 0 Å². The van der Waals surface area contributed by atoms with Crippen molar-refractivity contribution in [3.8, 4) is 11.3 Å². The van der Waals surface area contributed by atoms with E-state index in [0.29, 0.717) is 5.92 Å². The fraction of sp³-hybridized carbons (Fsp3) is 0.444. The molecule has 0 unspecified atom stereocenters. The van der Waals surface area contributed by atoms with Gasteiger partial charge in [-0.05, 0) is 49.4 Å². The highest BCUT2D eigenvalue weighted by atomic mass is 15.1. The van der Waals surface area contributed by atoms with Crippen molar-refractivity contribution in [2.45, 2.75) is 71.4 Å². The van der Waals surface area contributed by atoms with Crippen LogP contribution in [0.1, 0.15) is 71.8 Å². The predicted molar refractivity (Wildman–Crippen MR) is 125 cm³/mol. The molecule has 1 aliphatic heterocycles. The summed E-state index contributed by atoms with van der Waals surface area (Å²) in [6.07, 6.45) is 11.7. The molecule has 0 radical (unpaired) electrons. The molecule has 160 valence electrons. The van der Waals surface area contributed by atoms with Crippen LogP contribution < -0.4 is 0 Å². The van der Waals surface area contributed by atoms with E-state index in [4.69, 9.17) is 15.0 Å². The maximum absolute atomic E-state index is 4.99. The third kappa shape index (κ3) is 4.40. The molecule has 0 amide bonds. The van der Waals surface area contributed by atoms with Crippen molar-refractivity contribution in [3.05, 3.63) is 76.5 Å². The second-order valence-corrected chi connectivity index (χ2v) is 9.29. The van der Waals surface area contributed by atoms with Crippen molar-refractivity contribution in [2.24, 2.45) is 0 Å². The smallest absolute Gasteiger partial charge is 0.131 e. The molecule has 31 heavy (non-hydrogen) atoms. The Labute approximate surface area is 185 Å². The fourth-order valence-corrected chi connectivity index (χ4v) is 5.05. The van der Waals surface area contributed by atoms with Gasteiger partial charge in [-0.1, -0.05) is 43.5 Å². The van der Waals surface area contributed by atoms with Gasteiger partial charge in [0.1, 0.15) is 5.82 Å². The minimum Gasteiger partial charge on any atom is -0.294 e. The van der Waals surface area contributed by atoms with Crippen LogP contribution in [0.3, 0.4) is 0 Å². The summed E-state index contributed by atoms with van der Waals surface area (Å²) in [5.41, 5.74) is 8.73. The molecule has 5 rings (SSSR count). The van der Waals surface area contributed by atoms with Crippen LogP contribution in [0.4, 0.5) is 0 Å². The second kappa shape index (κ2) is 8.88. The number of nitrogens with zero attached hydrogens (tertiary/aromatic N) is 4. The van der Waals surface area contributed by atoms with Gasteiger partial charge in [0.15, 0.2) is 0 Å². The molecule has 4 nitrogen and oxygen atoms in total. The summed E-state index contributed by atoms with van der Waals surface area (Å²) in [4.78, 5) is 17.0. The van der Waals surface area contributed by atoms with Gasteiger partial charge in [-0.3, -0.25) is 9.88 Å². The van der Waals surface area contributed by atoms with E-state index in [-0.39, 0.29) is 0 Å². The third-order valence-electron chi connectivity index (χ3n) is 7.11. The SMILES string of the molecule is Cc1cccc(-c2ccc(CN3CCc4nc(C5CCCCC5)ncc4C3)cn2)c1C. The molecule has 0 saturated heterocycles. The van der Waals surface area contributed by atoms with Gasteiger partial charge in [0.2, 0.25) is 0 Å². The lowest BCUT2D eigenvalue weighted by atomic mass is 9.88. The summed E-state index contributed by atoms with van der Waals surface area (Å²) < 4.78 is 0. The maximum Gasteiger partial charge on any atom is 0.131 e. The molecule has 4 heteroatoms. The minimum atomic E-state index is 0.582. The molecule has 2 aliphatic rings.